The van der Waals surface area contributed by atoms with Crippen LogP contribution in [0.2, 0.25) is 0 Å². The van der Waals surface area contributed by atoms with Crippen molar-refractivity contribution in [2.45, 2.75) is 58.5 Å². The van der Waals surface area contributed by atoms with Gasteiger partial charge in [0.2, 0.25) is 5.91 Å². The largest absolute Gasteiger partial charge is 0.508 e. The Balaban J connectivity index is 2.70. The van der Waals surface area contributed by atoms with Crippen molar-refractivity contribution < 1.29 is 9.90 Å². The molecule has 1 unspecified atom stereocenters. The van der Waals surface area contributed by atoms with Gasteiger partial charge in [0.15, 0.2) is 0 Å². The van der Waals surface area contributed by atoms with E-state index in [1.54, 1.807) is 12.1 Å². The van der Waals surface area contributed by atoms with E-state index in [4.69, 9.17) is 5.73 Å². The molecule has 3 N–H and O–H groups in total. The molecular weight excluding hydrogens is 264 g/mol. The van der Waals surface area contributed by atoms with E-state index in [0.717, 1.165) is 31.4 Å². The standard InChI is InChI=1S/C17H28N2O2/c1-4-6-11-19(13(3)5-2)17(21)16(18)12-14-7-9-15(20)10-8-14/h7-10,13,16,20H,4-6,11-12,18H2,1-3H3/t13?,16-/m1/s1. The quantitative estimate of drug-likeness (QED) is 0.774. The Morgan fingerprint density at radius 2 is 1.90 bits per heavy atom. The van der Waals surface area contributed by atoms with Crippen LogP contribution in [0.5, 0.6) is 5.75 Å². The summed E-state index contributed by atoms with van der Waals surface area (Å²) in [5.41, 5.74) is 7.06. The molecule has 0 aromatic heterocycles. The van der Waals surface area contributed by atoms with Crippen molar-refractivity contribution in [3.05, 3.63) is 29.8 Å². The predicted octanol–water partition coefficient (Wildman–Crippen LogP) is 2.69. The van der Waals surface area contributed by atoms with E-state index in [2.05, 4.69) is 20.8 Å². The summed E-state index contributed by atoms with van der Waals surface area (Å²) in [4.78, 5) is 14.5. The first kappa shape index (κ1) is 17.5. The predicted molar refractivity (Wildman–Crippen MR) is 86.2 cm³/mol. The number of unbranched alkanes of at least 4 members (excludes halogenated alkanes) is 1. The molecule has 0 radical (unpaired) electrons. The van der Waals surface area contributed by atoms with Crippen LogP contribution in [-0.2, 0) is 11.2 Å². The van der Waals surface area contributed by atoms with Crippen molar-refractivity contribution in [1.82, 2.24) is 4.90 Å². The van der Waals surface area contributed by atoms with Gasteiger partial charge in [0, 0.05) is 12.6 Å². The average molecular weight is 292 g/mol. The van der Waals surface area contributed by atoms with Crippen molar-refractivity contribution in [1.29, 1.82) is 0 Å². The maximum absolute atomic E-state index is 12.6. The molecule has 1 amide bonds. The number of phenolic OH excluding ortho intramolecular Hbond substituents is 1. The maximum atomic E-state index is 12.6. The normalized spacial score (nSPS) is 13.7. The van der Waals surface area contributed by atoms with Crippen molar-refractivity contribution in [3.63, 3.8) is 0 Å². The van der Waals surface area contributed by atoms with Gasteiger partial charge >= 0.3 is 0 Å². The fourth-order valence-corrected chi connectivity index (χ4v) is 2.28. The number of rotatable bonds is 8. The lowest BCUT2D eigenvalue weighted by atomic mass is 10.0. The summed E-state index contributed by atoms with van der Waals surface area (Å²) in [7, 11) is 0. The van der Waals surface area contributed by atoms with Gasteiger partial charge in [-0.15, -0.1) is 0 Å². The molecule has 4 nitrogen and oxygen atoms in total. The van der Waals surface area contributed by atoms with Crippen LogP contribution in [0.15, 0.2) is 24.3 Å². The number of aromatic hydroxyl groups is 1. The lowest BCUT2D eigenvalue weighted by molar-refractivity contribution is -0.134. The minimum atomic E-state index is -0.527. The van der Waals surface area contributed by atoms with E-state index in [-0.39, 0.29) is 17.7 Å². The lowest BCUT2D eigenvalue weighted by Crippen LogP contribution is -2.48. The third-order valence-corrected chi connectivity index (χ3v) is 3.87. The number of hydrogen-bond donors (Lipinski definition) is 2. The van der Waals surface area contributed by atoms with E-state index in [1.807, 2.05) is 17.0 Å². The number of phenols is 1. The Hall–Kier alpha value is -1.55. The summed E-state index contributed by atoms with van der Waals surface area (Å²) in [6.45, 7) is 7.05. The molecule has 118 valence electrons. The van der Waals surface area contributed by atoms with Gasteiger partial charge in [0.1, 0.15) is 5.75 Å². The molecule has 0 aliphatic rings. The molecule has 0 saturated heterocycles. The van der Waals surface area contributed by atoms with Crippen LogP contribution in [0.25, 0.3) is 0 Å². The van der Waals surface area contributed by atoms with E-state index in [1.165, 1.54) is 0 Å². The second-order valence-electron chi connectivity index (χ2n) is 5.62. The summed E-state index contributed by atoms with van der Waals surface area (Å²) < 4.78 is 0. The molecule has 1 aromatic rings. The molecule has 0 bridgehead atoms. The summed E-state index contributed by atoms with van der Waals surface area (Å²) in [5, 5.41) is 9.28. The van der Waals surface area contributed by atoms with Crippen LogP contribution in [-0.4, -0.2) is 34.5 Å². The van der Waals surface area contributed by atoms with Crippen LogP contribution in [0, 0.1) is 0 Å². The van der Waals surface area contributed by atoms with E-state index in [0.29, 0.717) is 6.42 Å². The molecule has 0 spiro atoms. The Kier molecular flexibility index (Phi) is 7.23. The highest BCUT2D eigenvalue weighted by Gasteiger charge is 2.24. The SMILES string of the molecule is CCCCN(C(=O)[C@H](N)Cc1ccc(O)cc1)C(C)CC. The molecule has 2 atom stereocenters. The van der Waals surface area contributed by atoms with Gasteiger partial charge < -0.3 is 15.7 Å². The van der Waals surface area contributed by atoms with E-state index in [9.17, 15) is 9.90 Å². The van der Waals surface area contributed by atoms with Crippen LogP contribution in [0.1, 0.15) is 45.6 Å². The Labute approximate surface area is 128 Å². The molecule has 0 fully saturated rings. The second kappa shape index (κ2) is 8.67. The second-order valence-corrected chi connectivity index (χ2v) is 5.62. The highest BCUT2D eigenvalue weighted by Crippen LogP contribution is 2.13. The fourth-order valence-electron chi connectivity index (χ4n) is 2.28. The first-order chi connectivity index (χ1) is 9.99. The number of carbonyl (C=O) groups excluding carboxylic acids is 1. The van der Waals surface area contributed by atoms with E-state index >= 15 is 0 Å². The van der Waals surface area contributed by atoms with Crippen LogP contribution < -0.4 is 5.73 Å². The Morgan fingerprint density at radius 1 is 1.29 bits per heavy atom. The van der Waals surface area contributed by atoms with Gasteiger partial charge in [-0.05, 0) is 43.9 Å². The third-order valence-electron chi connectivity index (χ3n) is 3.87. The number of nitrogens with zero attached hydrogens (tertiary/aromatic N) is 1. The number of carbonyl (C=O) groups is 1. The first-order valence-corrected chi connectivity index (χ1v) is 7.83. The topological polar surface area (TPSA) is 66.6 Å². The molecular formula is C17H28N2O2. The number of benzene rings is 1. The average Bonchev–Trinajstić information content (AvgIpc) is 2.49. The van der Waals surface area contributed by atoms with Gasteiger partial charge in [-0.3, -0.25) is 4.79 Å². The summed E-state index contributed by atoms with van der Waals surface area (Å²) in [5.74, 6) is 0.244. The van der Waals surface area contributed by atoms with Gasteiger partial charge in [-0.1, -0.05) is 32.4 Å². The fraction of sp³-hybridized carbons (Fsp3) is 0.588. The number of nitrogens with two attached hydrogens (primary N) is 1. The monoisotopic (exact) mass is 292 g/mol. The first-order valence-electron chi connectivity index (χ1n) is 7.83. The zero-order chi connectivity index (χ0) is 15.8. The van der Waals surface area contributed by atoms with Crippen LogP contribution in [0.4, 0.5) is 0 Å². The molecule has 0 saturated carbocycles. The minimum Gasteiger partial charge on any atom is -0.508 e. The smallest absolute Gasteiger partial charge is 0.240 e. The van der Waals surface area contributed by atoms with E-state index < -0.39 is 6.04 Å². The van der Waals surface area contributed by atoms with Crippen LogP contribution >= 0.6 is 0 Å². The Morgan fingerprint density at radius 3 is 2.43 bits per heavy atom. The molecule has 0 heterocycles. The lowest BCUT2D eigenvalue weighted by Gasteiger charge is -2.31. The van der Waals surface area contributed by atoms with Crippen molar-refractivity contribution in [3.8, 4) is 5.75 Å². The Bertz CT molecular complexity index is 431. The summed E-state index contributed by atoms with van der Waals surface area (Å²) in [6.07, 6.45) is 3.50. The van der Waals surface area contributed by atoms with Gasteiger partial charge in [-0.2, -0.15) is 0 Å². The van der Waals surface area contributed by atoms with Gasteiger partial charge in [-0.25, -0.2) is 0 Å². The zero-order valence-electron chi connectivity index (χ0n) is 13.4. The molecule has 21 heavy (non-hydrogen) atoms. The summed E-state index contributed by atoms with van der Waals surface area (Å²) in [6, 6.07) is 6.55. The van der Waals surface area contributed by atoms with Gasteiger partial charge in [0.25, 0.3) is 0 Å². The molecule has 1 rings (SSSR count). The molecule has 0 aliphatic carbocycles. The highest BCUT2D eigenvalue weighted by atomic mass is 16.3. The third kappa shape index (κ3) is 5.38. The number of amides is 1. The number of hydrogen-bond acceptors (Lipinski definition) is 3. The molecule has 1 aromatic carbocycles. The summed E-state index contributed by atoms with van der Waals surface area (Å²) >= 11 is 0. The highest BCUT2D eigenvalue weighted by molar-refractivity contribution is 5.82. The minimum absolute atomic E-state index is 0.0193. The van der Waals surface area contributed by atoms with Gasteiger partial charge in [0.05, 0.1) is 6.04 Å². The zero-order valence-corrected chi connectivity index (χ0v) is 13.4. The van der Waals surface area contributed by atoms with Crippen molar-refractivity contribution >= 4 is 5.91 Å². The maximum Gasteiger partial charge on any atom is 0.240 e. The van der Waals surface area contributed by atoms with Crippen LogP contribution in [0.3, 0.4) is 0 Å². The molecule has 4 heteroatoms. The molecule has 0 aliphatic heterocycles. The van der Waals surface area contributed by atoms with Crippen molar-refractivity contribution in [2.75, 3.05) is 6.54 Å². The van der Waals surface area contributed by atoms with Crippen molar-refractivity contribution in [2.24, 2.45) is 5.73 Å².